The van der Waals surface area contributed by atoms with Crippen LogP contribution in [0.2, 0.25) is 0 Å². The molecule has 28 heavy (non-hydrogen) atoms. The van der Waals surface area contributed by atoms with Crippen LogP contribution in [0.5, 0.6) is 0 Å². The molecule has 1 aromatic heterocycles. The van der Waals surface area contributed by atoms with E-state index >= 15 is 0 Å². The predicted octanol–water partition coefficient (Wildman–Crippen LogP) is 3.00. The lowest BCUT2D eigenvalue weighted by atomic mass is 10.0. The smallest absolute Gasteiger partial charge is 0.255 e. The van der Waals surface area contributed by atoms with Gasteiger partial charge in [-0.2, -0.15) is 5.10 Å². The number of hydrogen-bond donors (Lipinski definition) is 2. The molecule has 1 atom stereocenters. The number of aromatic nitrogens is 2. The summed E-state index contributed by atoms with van der Waals surface area (Å²) >= 11 is 0. The lowest BCUT2D eigenvalue weighted by Crippen LogP contribution is -2.27. The SMILES string of the molecule is CC(NC(=O)c1cnn(C)c1Cc1ccccc1)c1ccc2c(c1)CC(=O)N2. The summed E-state index contributed by atoms with van der Waals surface area (Å²) in [6.07, 6.45) is 2.64. The number of fused-ring (bicyclic) bond motifs is 1. The highest BCUT2D eigenvalue weighted by molar-refractivity contribution is 5.99. The molecule has 1 aliphatic heterocycles. The van der Waals surface area contributed by atoms with Gasteiger partial charge < -0.3 is 10.6 Å². The monoisotopic (exact) mass is 374 g/mol. The minimum absolute atomic E-state index is 0.00440. The molecule has 2 N–H and O–H groups in total. The first-order valence-electron chi connectivity index (χ1n) is 9.29. The van der Waals surface area contributed by atoms with Gasteiger partial charge in [-0.1, -0.05) is 42.5 Å². The zero-order chi connectivity index (χ0) is 19.7. The average Bonchev–Trinajstić information content (AvgIpc) is 3.23. The van der Waals surface area contributed by atoms with E-state index in [9.17, 15) is 9.59 Å². The van der Waals surface area contributed by atoms with Crippen LogP contribution in [0.3, 0.4) is 0 Å². The summed E-state index contributed by atoms with van der Waals surface area (Å²) in [6.45, 7) is 1.94. The number of benzene rings is 2. The summed E-state index contributed by atoms with van der Waals surface area (Å²) in [5, 5.41) is 10.2. The predicted molar refractivity (Wildman–Crippen MR) is 107 cm³/mol. The van der Waals surface area contributed by atoms with E-state index in [1.54, 1.807) is 10.9 Å². The maximum atomic E-state index is 12.9. The van der Waals surface area contributed by atoms with Crippen LogP contribution in [0.1, 0.15) is 45.7 Å². The fourth-order valence-corrected chi connectivity index (χ4v) is 3.53. The molecule has 3 aromatic rings. The van der Waals surface area contributed by atoms with Crippen molar-refractivity contribution in [3.05, 3.63) is 82.7 Å². The maximum Gasteiger partial charge on any atom is 0.255 e. The molecule has 6 heteroatoms. The van der Waals surface area contributed by atoms with Gasteiger partial charge in [-0.25, -0.2) is 0 Å². The normalized spacial score (nSPS) is 13.7. The van der Waals surface area contributed by atoms with Gasteiger partial charge in [0.25, 0.3) is 5.91 Å². The molecule has 0 saturated heterocycles. The van der Waals surface area contributed by atoms with E-state index < -0.39 is 0 Å². The van der Waals surface area contributed by atoms with E-state index in [2.05, 4.69) is 15.7 Å². The molecule has 4 rings (SSSR count). The zero-order valence-corrected chi connectivity index (χ0v) is 15.9. The lowest BCUT2D eigenvalue weighted by Gasteiger charge is -2.16. The quantitative estimate of drug-likeness (QED) is 0.721. The van der Waals surface area contributed by atoms with Crippen LogP contribution in [-0.4, -0.2) is 21.6 Å². The number of anilines is 1. The van der Waals surface area contributed by atoms with Crippen molar-refractivity contribution in [1.82, 2.24) is 15.1 Å². The number of amides is 2. The fraction of sp³-hybridized carbons (Fsp3) is 0.227. The number of nitrogens with zero attached hydrogens (tertiary/aromatic N) is 2. The average molecular weight is 374 g/mol. The van der Waals surface area contributed by atoms with Crippen molar-refractivity contribution >= 4 is 17.5 Å². The van der Waals surface area contributed by atoms with E-state index in [1.165, 1.54) is 0 Å². The summed E-state index contributed by atoms with van der Waals surface area (Å²) in [5.41, 5.74) is 5.37. The molecule has 0 radical (unpaired) electrons. The molecule has 1 aliphatic rings. The number of aryl methyl sites for hydroxylation is 1. The number of hydrogen-bond acceptors (Lipinski definition) is 3. The topological polar surface area (TPSA) is 76.0 Å². The first kappa shape index (κ1) is 18.0. The van der Waals surface area contributed by atoms with E-state index in [0.717, 1.165) is 28.1 Å². The van der Waals surface area contributed by atoms with Crippen molar-refractivity contribution < 1.29 is 9.59 Å². The first-order chi connectivity index (χ1) is 13.5. The van der Waals surface area contributed by atoms with Crippen LogP contribution in [0.4, 0.5) is 5.69 Å². The number of rotatable bonds is 5. The van der Waals surface area contributed by atoms with Gasteiger partial charge in [0, 0.05) is 19.2 Å². The Balaban J connectivity index is 1.51. The van der Waals surface area contributed by atoms with Crippen molar-refractivity contribution in [2.24, 2.45) is 7.05 Å². The Morgan fingerprint density at radius 2 is 2.04 bits per heavy atom. The van der Waals surface area contributed by atoms with E-state index in [0.29, 0.717) is 18.4 Å². The largest absolute Gasteiger partial charge is 0.345 e. The van der Waals surface area contributed by atoms with Gasteiger partial charge in [0.2, 0.25) is 5.91 Å². The zero-order valence-electron chi connectivity index (χ0n) is 15.9. The minimum atomic E-state index is -0.182. The van der Waals surface area contributed by atoms with Gasteiger partial charge in [0.15, 0.2) is 0 Å². The molecular formula is C22H22N4O2. The first-order valence-corrected chi connectivity index (χ1v) is 9.29. The highest BCUT2D eigenvalue weighted by Gasteiger charge is 2.21. The molecule has 6 nitrogen and oxygen atoms in total. The second-order valence-electron chi connectivity index (χ2n) is 7.13. The number of carbonyl (C=O) groups is 2. The van der Waals surface area contributed by atoms with Crippen LogP contribution in [0.15, 0.2) is 54.7 Å². The molecule has 1 unspecified atom stereocenters. The standard InChI is InChI=1S/C22H22N4O2/c1-14(16-8-9-19-17(11-16)12-21(27)25-19)24-22(28)18-13-23-26(2)20(18)10-15-6-4-3-5-7-15/h3-9,11,13-14H,10,12H2,1-2H3,(H,24,28)(H,25,27). The van der Waals surface area contributed by atoms with Gasteiger partial charge in [-0.3, -0.25) is 14.3 Å². The summed E-state index contributed by atoms with van der Waals surface area (Å²) in [4.78, 5) is 24.5. The molecule has 2 amide bonds. The van der Waals surface area contributed by atoms with Crippen LogP contribution < -0.4 is 10.6 Å². The Bertz CT molecular complexity index is 1040. The molecule has 0 bridgehead atoms. The third-order valence-electron chi connectivity index (χ3n) is 5.12. The molecule has 2 aromatic carbocycles. The Hall–Kier alpha value is -3.41. The summed E-state index contributed by atoms with van der Waals surface area (Å²) in [6, 6.07) is 15.6. The van der Waals surface area contributed by atoms with Crippen molar-refractivity contribution in [2.45, 2.75) is 25.8 Å². The Kier molecular flexibility index (Phi) is 4.69. The molecule has 0 spiro atoms. The highest BCUT2D eigenvalue weighted by Crippen LogP contribution is 2.26. The van der Waals surface area contributed by atoms with Gasteiger partial charge in [0.05, 0.1) is 29.9 Å². The van der Waals surface area contributed by atoms with Crippen molar-refractivity contribution in [3.8, 4) is 0 Å². The second-order valence-corrected chi connectivity index (χ2v) is 7.13. The second kappa shape index (κ2) is 7.31. The van der Waals surface area contributed by atoms with Crippen LogP contribution in [0.25, 0.3) is 0 Å². The third kappa shape index (κ3) is 3.53. The molecule has 142 valence electrons. The van der Waals surface area contributed by atoms with Gasteiger partial charge in [-0.05, 0) is 29.7 Å². The van der Waals surface area contributed by atoms with E-state index in [4.69, 9.17) is 0 Å². The Labute approximate surface area is 163 Å². The van der Waals surface area contributed by atoms with Crippen LogP contribution >= 0.6 is 0 Å². The van der Waals surface area contributed by atoms with E-state index in [1.807, 2.05) is 62.5 Å². The van der Waals surface area contributed by atoms with Crippen LogP contribution in [0, 0.1) is 0 Å². The molecule has 0 fully saturated rings. The Morgan fingerprint density at radius 1 is 1.25 bits per heavy atom. The molecule has 0 aliphatic carbocycles. The van der Waals surface area contributed by atoms with Crippen molar-refractivity contribution in [3.63, 3.8) is 0 Å². The van der Waals surface area contributed by atoms with Crippen LogP contribution in [-0.2, 0) is 24.7 Å². The summed E-state index contributed by atoms with van der Waals surface area (Å²) in [7, 11) is 1.85. The minimum Gasteiger partial charge on any atom is -0.345 e. The molecule has 0 saturated carbocycles. The van der Waals surface area contributed by atoms with Crippen molar-refractivity contribution in [2.75, 3.05) is 5.32 Å². The molecular weight excluding hydrogens is 352 g/mol. The van der Waals surface area contributed by atoms with Gasteiger partial charge >= 0.3 is 0 Å². The summed E-state index contributed by atoms with van der Waals surface area (Å²) < 4.78 is 1.75. The maximum absolute atomic E-state index is 12.9. The van der Waals surface area contributed by atoms with Gasteiger partial charge in [0.1, 0.15) is 0 Å². The number of carbonyl (C=O) groups excluding carboxylic acids is 2. The lowest BCUT2D eigenvalue weighted by molar-refractivity contribution is -0.115. The third-order valence-corrected chi connectivity index (χ3v) is 5.12. The summed E-state index contributed by atoms with van der Waals surface area (Å²) in [5.74, 6) is -0.147. The molecule has 2 heterocycles. The van der Waals surface area contributed by atoms with Crippen molar-refractivity contribution in [1.29, 1.82) is 0 Å². The van der Waals surface area contributed by atoms with Gasteiger partial charge in [-0.15, -0.1) is 0 Å². The highest BCUT2D eigenvalue weighted by atomic mass is 16.2. The Morgan fingerprint density at radius 3 is 2.82 bits per heavy atom. The fourth-order valence-electron chi connectivity index (χ4n) is 3.53. The van der Waals surface area contributed by atoms with E-state index in [-0.39, 0.29) is 17.9 Å². The number of nitrogens with one attached hydrogen (secondary N) is 2.